The average molecular weight is 267 g/mol. The van der Waals surface area contributed by atoms with Gasteiger partial charge in [-0.1, -0.05) is 17.7 Å². The molecule has 0 aromatic heterocycles. The highest BCUT2D eigenvalue weighted by Gasteiger charge is 2.59. The van der Waals surface area contributed by atoms with Crippen LogP contribution in [0.25, 0.3) is 0 Å². The molecule has 92 valence electrons. The molecule has 1 atom stereocenters. The third-order valence-electron chi connectivity index (χ3n) is 1.89. The molecule has 0 amide bonds. The number of hydrogen-bond acceptors (Lipinski definition) is 1. The Hall–Kier alpha value is -0.690. The van der Waals surface area contributed by atoms with Gasteiger partial charge in [0.05, 0.1) is 0 Å². The summed E-state index contributed by atoms with van der Waals surface area (Å²) in [6.07, 6.45) is -9.75. The van der Waals surface area contributed by atoms with Crippen LogP contribution in [0, 0.1) is 0 Å². The monoisotopic (exact) mass is 266 g/mol. The first kappa shape index (κ1) is 13.4. The van der Waals surface area contributed by atoms with E-state index in [1.165, 1.54) is 0 Å². The highest BCUT2D eigenvalue weighted by Crippen LogP contribution is 2.44. The average Bonchev–Trinajstić information content (AvgIpc) is 2.05. The lowest BCUT2D eigenvalue weighted by atomic mass is 9.94. The zero-order chi connectivity index (χ0) is 12.6. The van der Waals surface area contributed by atoms with E-state index in [2.05, 4.69) is 4.74 Å². The van der Waals surface area contributed by atoms with Crippen molar-refractivity contribution < 1.29 is 31.1 Å². The van der Waals surface area contributed by atoms with Crippen molar-refractivity contribution in [2.24, 2.45) is 0 Å². The molecule has 16 heavy (non-hydrogen) atoms. The third kappa shape index (κ3) is 2.91. The van der Waals surface area contributed by atoms with Crippen LogP contribution in [0.5, 0.6) is 0 Å². The quantitative estimate of drug-likeness (QED) is 0.654. The summed E-state index contributed by atoms with van der Waals surface area (Å²) in [4.78, 5) is 0. The van der Waals surface area contributed by atoms with E-state index in [0.29, 0.717) is 0 Å². The summed E-state index contributed by atoms with van der Waals surface area (Å²) in [5, 5.41) is -0.0642. The minimum Gasteiger partial charge on any atom is -0.271 e. The molecule has 1 aliphatic carbocycles. The molecule has 1 rings (SSSR count). The Morgan fingerprint density at radius 3 is 2.06 bits per heavy atom. The molecule has 1 unspecified atom stereocenters. The SMILES string of the molecule is FC(F)(F)OC1(C(F)(F)F)C=CC(Cl)=CC1. The predicted molar refractivity (Wildman–Crippen MR) is 43.6 cm³/mol. The zero-order valence-corrected chi connectivity index (χ0v) is 8.25. The summed E-state index contributed by atoms with van der Waals surface area (Å²) in [7, 11) is 0. The van der Waals surface area contributed by atoms with Crippen LogP contribution in [-0.2, 0) is 4.74 Å². The maximum absolute atomic E-state index is 12.5. The van der Waals surface area contributed by atoms with Crippen LogP contribution in [0.1, 0.15) is 6.42 Å². The molecule has 0 aromatic rings. The van der Waals surface area contributed by atoms with Gasteiger partial charge < -0.3 is 0 Å². The molecule has 0 fully saturated rings. The van der Waals surface area contributed by atoms with Crippen LogP contribution >= 0.6 is 11.6 Å². The molecule has 8 heteroatoms. The van der Waals surface area contributed by atoms with E-state index in [-0.39, 0.29) is 11.1 Å². The van der Waals surface area contributed by atoms with Crippen LogP contribution in [0.4, 0.5) is 26.3 Å². The first-order chi connectivity index (χ1) is 7.06. The molecule has 0 bridgehead atoms. The van der Waals surface area contributed by atoms with Gasteiger partial charge in [-0.05, 0) is 12.2 Å². The van der Waals surface area contributed by atoms with E-state index in [1.807, 2.05) is 0 Å². The summed E-state index contributed by atoms with van der Waals surface area (Å²) < 4.78 is 76.4. The van der Waals surface area contributed by atoms with Crippen molar-refractivity contribution in [1.82, 2.24) is 0 Å². The molecule has 1 aliphatic rings. The van der Waals surface area contributed by atoms with Crippen molar-refractivity contribution in [3.63, 3.8) is 0 Å². The van der Waals surface area contributed by atoms with Crippen molar-refractivity contribution in [2.45, 2.75) is 24.6 Å². The summed E-state index contributed by atoms with van der Waals surface area (Å²) in [6.45, 7) is 0. The summed E-state index contributed by atoms with van der Waals surface area (Å²) in [6, 6.07) is 0. The Kier molecular flexibility index (Phi) is 3.31. The fourth-order valence-electron chi connectivity index (χ4n) is 1.15. The van der Waals surface area contributed by atoms with Crippen LogP contribution in [0.3, 0.4) is 0 Å². The number of rotatable bonds is 1. The van der Waals surface area contributed by atoms with Crippen molar-refractivity contribution in [1.29, 1.82) is 0 Å². The van der Waals surface area contributed by atoms with Crippen LogP contribution in [-0.4, -0.2) is 18.1 Å². The molecule has 0 heterocycles. The number of allylic oxidation sites excluding steroid dienone is 2. The van der Waals surface area contributed by atoms with Crippen LogP contribution in [0.2, 0.25) is 0 Å². The van der Waals surface area contributed by atoms with Crippen molar-refractivity contribution >= 4 is 11.6 Å². The van der Waals surface area contributed by atoms with Gasteiger partial charge in [0.15, 0.2) is 5.60 Å². The fourth-order valence-corrected chi connectivity index (χ4v) is 1.29. The molecule has 1 nitrogen and oxygen atoms in total. The number of alkyl halides is 6. The van der Waals surface area contributed by atoms with Gasteiger partial charge in [0.2, 0.25) is 0 Å². The van der Waals surface area contributed by atoms with Gasteiger partial charge in [-0.3, -0.25) is 4.74 Å². The van der Waals surface area contributed by atoms with E-state index >= 15 is 0 Å². The largest absolute Gasteiger partial charge is 0.523 e. The molecule has 0 N–H and O–H groups in total. The first-order valence-corrected chi connectivity index (χ1v) is 4.32. The standard InChI is InChI=1S/C8H5ClF6O/c9-5-1-3-6(4-2-5,7(10,11)12)16-8(13,14)15/h1-3H,4H2. The second-order valence-corrected chi connectivity index (χ2v) is 3.50. The minimum atomic E-state index is -5.38. The predicted octanol–water partition coefficient (Wildman–Crippen LogP) is 3.91. The lowest BCUT2D eigenvalue weighted by Crippen LogP contribution is -2.49. The molecular weight excluding hydrogens is 262 g/mol. The molecule has 0 radical (unpaired) electrons. The first-order valence-electron chi connectivity index (χ1n) is 3.94. The second-order valence-electron chi connectivity index (χ2n) is 3.06. The Balaban J connectivity index is 3.03. The van der Waals surface area contributed by atoms with E-state index in [9.17, 15) is 26.3 Å². The van der Waals surface area contributed by atoms with Gasteiger partial charge >= 0.3 is 12.5 Å². The van der Waals surface area contributed by atoms with E-state index in [1.54, 1.807) is 0 Å². The molecule has 0 spiro atoms. The number of halogens is 7. The molecular formula is C8H5ClF6O. The fraction of sp³-hybridized carbons (Fsp3) is 0.500. The number of ether oxygens (including phenoxy) is 1. The van der Waals surface area contributed by atoms with Crippen molar-refractivity contribution in [2.75, 3.05) is 0 Å². The molecule has 0 aliphatic heterocycles. The van der Waals surface area contributed by atoms with E-state index in [0.717, 1.165) is 12.2 Å². The molecule has 0 saturated heterocycles. The summed E-state index contributed by atoms with van der Waals surface area (Å²) >= 11 is 5.34. The van der Waals surface area contributed by atoms with Gasteiger partial charge in [-0.2, -0.15) is 13.2 Å². The smallest absolute Gasteiger partial charge is 0.271 e. The van der Waals surface area contributed by atoms with Gasteiger partial charge in [-0.15, -0.1) is 13.2 Å². The number of hydrogen-bond donors (Lipinski definition) is 0. The van der Waals surface area contributed by atoms with Gasteiger partial charge in [0.25, 0.3) is 0 Å². The van der Waals surface area contributed by atoms with Crippen LogP contribution < -0.4 is 0 Å². The van der Waals surface area contributed by atoms with E-state index < -0.39 is 24.6 Å². The van der Waals surface area contributed by atoms with Gasteiger partial charge in [0, 0.05) is 11.5 Å². The molecule has 0 saturated carbocycles. The maximum Gasteiger partial charge on any atom is 0.523 e. The third-order valence-corrected chi connectivity index (χ3v) is 2.17. The minimum absolute atomic E-state index is 0.0642. The van der Waals surface area contributed by atoms with Gasteiger partial charge in [-0.25, -0.2) is 0 Å². The Morgan fingerprint density at radius 1 is 1.19 bits per heavy atom. The highest BCUT2D eigenvalue weighted by atomic mass is 35.5. The van der Waals surface area contributed by atoms with E-state index in [4.69, 9.17) is 11.6 Å². The summed E-state index contributed by atoms with van der Waals surface area (Å²) in [5.74, 6) is 0. The van der Waals surface area contributed by atoms with Crippen LogP contribution in [0.15, 0.2) is 23.3 Å². The Morgan fingerprint density at radius 2 is 1.75 bits per heavy atom. The van der Waals surface area contributed by atoms with Crippen molar-refractivity contribution in [3.8, 4) is 0 Å². The lowest BCUT2D eigenvalue weighted by molar-refractivity contribution is -0.402. The lowest BCUT2D eigenvalue weighted by Gasteiger charge is -2.34. The maximum atomic E-state index is 12.5. The molecule has 0 aromatic carbocycles. The Labute approximate surface area is 91.3 Å². The normalized spacial score (nSPS) is 26.8. The highest BCUT2D eigenvalue weighted by molar-refractivity contribution is 6.31. The summed E-state index contributed by atoms with van der Waals surface area (Å²) in [5.41, 5.74) is -3.39. The van der Waals surface area contributed by atoms with Crippen molar-refractivity contribution in [3.05, 3.63) is 23.3 Å². The topological polar surface area (TPSA) is 9.23 Å². The second kappa shape index (κ2) is 3.96. The van der Waals surface area contributed by atoms with Gasteiger partial charge in [0.1, 0.15) is 0 Å². The Bertz CT molecular complexity index is 328. The zero-order valence-electron chi connectivity index (χ0n) is 7.49.